The summed E-state index contributed by atoms with van der Waals surface area (Å²) in [7, 11) is 0. The fraction of sp³-hybridized carbons (Fsp3) is 0.414. The van der Waals surface area contributed by atoms with Crippen molar-refractivity contribution >= 4 is 41.3 Å². The summed E-state index contributed by atoms with van der Waals surface area (Å²) in [6.07, 6.45) is -0.388. The molecule has 1 fully saturated rings. The first-order valence-corrected chi connectivity index (χ1v) is 14.1. The molecule has 3 amide bonds. The number of aliphatic hydroxyl groups is 1. The van der Waals surface area contributed by atoms with Crippen LogP contribution >= 0.6 is 11.6 Å². The number of carbonyl (C=O) groups is 3. The minimum absolute atomic E-state index is 0.0271. The second-order valence-electron chi connectivity index (χ2n) is 12.5. The van der Waals surface area contributed by atoms with Crippen molar-refractivity contribution in [2.24, 2.45) is 0 Å². The van der Waals surface area contributed by atoms with Crippen LogP contribution in [0.1, 0.15) is 52.7 Å². The number of benzene rings is 1. The number of fused-ring (bicyclic) bond motifs is 4. The zero-order chi connectivity index (χ0) is 32.2. The lowest BCUT2D eigenvalue weighted by Gasteiger charge is -2.49. The third-order valence-corrected chi connectivity index (χ3v) is 7.03. The van der Waals surface area contributed by atoms with Crippen LogP contribution in [0.3, 0.4) is 0 Å². The van der Waals surface area contributed by atoms with E-state index in [1.807, 2.05) is 0 Å². The standard InChI is InChI=1S/C29H33ClFN7O6/c1-27(2,3)43-25(41)35-21-11-20(32-14-33-21)34-19-10-18(30)22-23(39)36-29(38(22)24(19)40)13-37(26(42)44-28(4,5)6)12-15-7-8-16(31)9-17(15)29/h7-11,14,24,40H,12-13H2,1-6H3,(H,36,39)(H2,32,33,34,35,41). The summed E-state index contributed by atoms with van der Waals surface area (Å²) in [5.74, 6) is -0.916. The number of nitrogens with one attached hydrogen (secondary N) is 3. The van der Waals surface area contributed by atoms with Gasteiger partial charge < -0.3 is 30.1 Å². The van der Waals surface area contributed by atoms with Crippen molar-refractivity contribution < 1.29 is 33.4 Å². The number of aromatic nitrogens is 2. The van der Waals surface area contributed by atoms with Gasteiger partial charge in [-0.15, -0.1) is 0 Å². The van der Waals surface area contributed by atoms with Gasteiger partial charge in [0.1, 0.15) is 40.7 Å². The molecular formula is C29H33ClFN7O6. The Morgan fingerprint density at radius 1 is 1.11 bits per heavy atom. The van der Waals surface area contributed by atoms with Gasteiger partial charge in [0.25, 0.3) is 5.91 Å². The van der Waals surface area contributed by atoms with E-state index in [9.17, 15) is 23.9 Å². The van der Waals surface area contributed by atoms with Gasteiger partial charge in [-0.2, -0.15) is 0 Å². The maximum absolute atomic E-state index is 14.7. The van der Waals surface area contributed by atoms with E-state index >= 15 is 0 Å². The first kappa shape index (κ1) is 31.0. The Bertz CT molecular complexity index is 1600. The number of halogens is 2. The van der Waals surface area contributed by atoms with E-state index in [0.29, 0.717) is 11.1 Å². The van der Waals surface area contributed by atoms with E-state index in [4.69, 9.17) is 21.1 Å². The number of amides is 3. The second-order valence-corrected chi connectivity index (χ2v) is 12.9. The molecule has 1 aromatic heterocycles. The van der Waals surface area contributed by atoms with Crippen molar-refractivity contribution in [3.8, 4) is 0 Å². The lowest BCUT2D eigenvalue weighted by atomic mass is 9.88. The monoisotopic (exact) mass is 629 g/mol. The molecular weight excluding hydrogens is 597 g/mol. The molecule has 13 nitrogen and oxygen atoms in total. The normalized spacial score (nSPS) is 21.3. The van der Waals surface area contributed by atoms with Crippen LogP contribution in [-0.4, -0.2) is 66.9 Å². The van der Waals surface area contributed by atoms with Gasteiger partial charge in [-0.1, -0.05) is 17.7 Å². The molecule has 4 heterocycles. The summed E-state index contributed by atoms with van der Waals surface area (Å²) in [6.45, 7) is 10.2. The van der Waals surface area contributed by atoms with Gasteiger partial charge in [-0.05, 0) is 65.3 Å². The molecule has 44 heavy (non-hydrogen) atoms. The average molecular weight is 630 g/mol. The summed E-state index contributed by atoms with van der Waals surface area (Å²) >= 11 is 6.61. The highest BCUT2D eigenvalue weighted by molar-refractivity contribution is 6.34. The number of rotatable bonds is 3. The quantitative estimate of drug-likeness (QED) is 0.390. The molecule has 1 saturated heterocycles. The van der Waals surface area contributed by atoms with Crippen molar-refractivity contribution in [3.63, 3.8) is 0 Å². The molecule has 0 radical (unpaired) electrons. The molecule has 0 aliphatic carbocycles. The smallest absolute Gasteiger partial charge is 0.413 e. The maximum Gasteiger partial charge on any atom is 0.413 e. The van der Waals surface area contributed by atoms with E-state index < -0.39 is 47.0 Å². The topological polar surface area (TPSA) is 158 Å². The highest BCUT2D eigenvalue weighted by Gasteiger charge is 2.58. The minimum atomic E-state index is -1.62. The number of nitrogens with zero attached hydrogens (tertiary/aromatic N) is 4. The Morgan fingerprint density at radius 3 is 2.48 bits per heavy atom. The van der Waals surface area contributed by atoms with Crippen LogP contribution < -0.4 is 16.0 Å². The van der Waals surface area contributed by atoms with Crippen LogP contribution in [0.25, 0.3) is 0 Å². The second kappa shape index (κ2) is 10.9. The van der Waals surface area contributed by atoms with Gasteiger partial charge >= 0.3 is 12.2 Å². The first-order chi connectivity index (χ1) is 20.5. The summed E-state index contributed by atoms with van der Waals surface area (Å²) in [6, 6.07) is 5.44. The number of allylic oxidation sites excluding steroid dienone is 2. The summed E-state index contributed by atoms with van der Waals surface area (Å²) in [5.41, 5.74) is -2.24. The Kier molecular flexibility index (Phi) is 7.70. The van der Waals surface area contributed by atoms with Crippen LogP contribution in [0.4, 0.5) is 25.6 Å². The van der Waals surface area contributed by atoms with Crippen LogP contribution in [-0.2, 0) is 26.5 Å². The predicted octanol–water partition coefficient (Wildman–Crippen LogP) is 4.08. The summed E-state index contributed by atoms with van der Waals surface area (Å²) < 4.78 is 25.5. The van der Waals surface area contributed by atoms with E-state index in [1.54, 1.807) is 41.5 Å². The highest BCUT2D eigenvalue weighted by atomic mass is 35.5. The van der Waals surface area contributed by atoms with Crippen molar-refractivity contribution in [1.29, 1.82) is 0 Å². The Hall–Kier alpha value is -4.43. The molecule has 234 valence electrons. The number of aliphatic hydroxyl groups excluding tert-OH is 1. The third-order valence-electron chi connectivity index (χ3n) is 6.74. The predicted molar refractivity (Wildman–Crippen MR) is 157 cm³/mol. The molecule has 3 aliphatic heterocycles. The Balaban J connectivity index is 1.50. The molecule has 2 unspecified atom stereocenters. The number of anilines is 2. The highest BCUT2D eigenvalue weighted by Crippen LogP contribution is 2.46. The molecule has 0 bridgehead atoms. The molecule has 15 heteroatoms. The molecule has 1 spiro atoms. The maximum atomic E-state index is 14.7. The van der Waals surface area contributed by atoms with Crippen molar-refractivity contribution in [2.75, 3.05) is 17.2 Å². The number of hydrogen-bond donors (Lipinski definition) is 4. The van der Waals surface area contributed by atoms with Crippen LogP contribution in [0.5, 0.6) is 0 Å². The summed E-state index contributed by atoms with van der Waals surface area (Å²) in [5, 5.41) is 20.1. The van der Waals surface area contributed by atoms with E-state index in [2.05, 4.69) is 25.9 Å². The molecule has 1 aromatic carbocycles. The van der Waals surface area contributed by atoms with Crippen molar-refractivity contribution in [1.82, 2.24) is 25.1 Å². The van der Waals surface area contributed by atoms with Crippen molar-refractivity contribution in [2.45, 2.75) is 71.2 Å². The molecule has 5 rings (SSSR count). The Morgan fingerprint density at radius 2 is 1.80 bits per heavy atom. The van der Waals surface area contributed by atoms with Gasteiger partial charge in [0, 0.05) is 18.2 Å². The average Bonchev–Trinajstić information content (AvgIpc) is 3.18. The van der Waals surface area contributed by atoms with Crippen LogP contribution in [0.15, 0.2) is 53.1 Å². The Labute approximate surface area is 258 Å². The molecule has 0 saturated carbocycles. The first-order valence-electron chi connectivity index (χ1n) is 13.7. The minimum Gasteiger partial charge on any atom is -0.444 e. The number of hydrogen-bond acceptors (Lipinski definition) is 10. The van der Waals surface area contributed by atoms with Crippen LogP contribution in [0, 0.1) is 5.82 Å². The molecule has 4 N–H and O–H groups in total. The van der Waals surface area contributed by atoms with Gasteiger partial charge in [-0.3, -0.25) is 15.0 Å². The van der Waals surface area contributed by atoms with Gasteiger partial charge in [0.15, 0.2) is 11.9 Å². The zero-order valence-corrected chi connectivity index (χ0v) is 25.7. The van der Waals surface area contributed by atoms with Gasteiger partial charge in [-0.25, -0.2) is 23.9 Å². The zero-order valence-electron chi connectivity index (χ0n) is 25.0. The van der Waals surface area contributed by atoms with E-state index in [1.165, 1.54) is 46.5 Å². The summed E-state index contributed by atoms with van der Waals surface area (Å²) in [4.78, 5) is 49.7. The molecule has 2 aromatic rings. The van der Waals surface area contributed by atoms with Crippen LogP contribution in [0.2, 0.25) is 0 Å². The van der Waals surface area contributed by atoms with E-state index in [-0.39, 0.29) is 41.2 Å². The number of carbonyl (C=O) groups excluding carboxylic acids is 3. The fourth-order valence-electron chi connectivity index (χ4n) is 5.19. The van der Waals surface area contributed by atoms with E-state index in [0.717, 1.165) is 0 Å². The third kappa shape index (κ3) is 6.13. The lowest BCUT2D eigenvalue weighted by Crippen LogP contribution is -2.63. The van der Waals surface area contributed by atoms with Gasteiger partial charge in [0.05, 0.1) is 17.3 Å². The SMILES string of the molecule is CC(C)(C)OC(=O)Nc1cc(NC2=CC(Cl)=C3C(=O)NC4(CN(C(=O)OC(C)(C)C)Cc5ccc(F)cc54)N3C2O)ncn1. The fourth-order valence-corrected chi connectivity index (χ4v) is 5.49. The van der Waals surface area contributed by atoms with Gasteiger partial charge in [0.2, 0.25) is 0 Å². The molecule has 2 atom stereocenters. The van der Waals surface area contributed by atoms with Crippen molar-refractivity contribution in [3.05, 3.63) is 70.0 Å². The number of ether oxygens (including phenoxy) is 2. The largest absolute Gasteiger partial charge is 0.444 e. The lowest BCUT2D eigenvalue weighted by molar-refractivity contribution is -0.117. The molecule has 3 aliphatic rings.